The third kappa shape index (κ3) is 8.76. The number of fused-ring (bicyclic) bond motifs is 1. The maximum atomic E-state index is 13.8. The van der Waals surface area contributed by atoms with Gasteiger partial charge in [0.05, 0.1) is 23.2 Å². The van der Waals surface area contributed by atoms with E-state index in [-0.39, 0.29) is 36.5 Å². The van der Waals surface area contributed by atoms with Crippen LogP contribution in [0.4, 0.5) is 23.2 Å². The summed E-state index contributed by atoms with van der Waals surface area (Å²) < 4.78 is 64.3. The van der Waals surface area contributed by atoms with E-state index in [9.17, 15) is 37.1 Å². The number of anilines is 1. The number of halogens is 4. The largest absolute Gasteiger partial charge is 0.465 e. The lowest BCUT2D eigenvalue weighted by Gasteiger charge is -2.33. The number of rotatable bonds is 14. The summed E-state index contributed by atoms with van der Waals surface area (Å²) in [5.74, 6) is -2.89. The molecule has 1 heterocycles. The van der Waals surface area contributed by atoms with E-state index in [1.165, 1.54) is 24.0 Å². The summed E-state index contributed by atoms with van der Waals surface area (Å²) in [5, 5.41) is 13.1. The number of carbonyl (C=O) groups is 3. The summed E-state index contributed by atoms with van der Waals surface area (Å²) in [6, 6.07) is 11.0. The fraction of sp³-hybridized carbons (Fsp3) is 0.516. The Morgan fingerprint density at radius 1 is 0.953 bits per heavy atom. The van der Waals surface area contributed by atoms with Crippen LogP contribution in [-0.4, -0.2) is 59.1 Å². The average Bonchev–Trinajstić information content (AvgIpc) is 3.36. The van der Waals surface area contributed by atoms with Gasteiger partial charge in [-0.1, -0.05) is 30.3 Å². The molecule has 43 heavy (non-hydrogen) atoms. The number of hydrogen-bond donors (Lipinski definition) is 2. The summed E-state index contributed by atoms with van der Waals surface area (Å²) in [4.78, 5) is 41.9. The lowest BCUT2D eigenvalue weighted by atomic mass is 9.72. The number of ether oxygens (including phenoxy) is 2. The Bertz CT molecular complexity index is 1260. The van der Waals surface area contributed by atoms with Crippen molar-refractivity contribution < 1.29 is 46.5 Å². The number of nitrogens with one attached hydrogen (secondary N) is 1. The highest BCUT2D eigenvalue weighted by atomic mass is 19.3. The Kier molecular flexibility index (Phi) is 11.3. The monoisotopic (exact) mass is 610 g/mol. The third-order valence-corrected chi connectivity index (χ3v) is 7.13. The molecule has 1 atom stereocenters. The van der Waals surface area contributed by atoms with Crippen molar-refractivity contribution in [3.8, 4) is 0 Å². The number of aliphatic hydroxyl groups is 1. The molecule has 0 aliphatic carbocycles. The molecule has 0 spiro atoms. The molecule has 0 saturated carbocycles. The molecule has 1 amide bonds. The van der Waals surface area contributed by atoms with E-state index in [0.29, 0.717) is 0 Å². The summed E-state index contributed by atoms with van der Waals surface area (Å²) in [7, 11) is 0. The zero-order valence-electron chi connectivity index (χ0n) is 24.7. The van der Waals surface area contributed by atoms with Crippen molar-refractivity contribution in [1.82, 2.24) is 4.90 Å². The lowest BCUT2D eigenvalue weighted by molar-refractivity contribution is -0.152. The zero-order valence-corrected chi connectivity index (χ0v) is 24.7. The predicted octanol–water partition coefficient (Wildman–Crippen LogP) is 5.81. The van der Waals surface area contributed by atoms with Gasteiger partial charge < -0.3 is 24.8 Å². The maximum absolute atomic E-state index is 13.8. The molecular formula is C31H38F4N2O6. The van der Waals surface area contributed by atoms with Crippen LogP contribution in [0.2, 0.25) is 0 Å². The molecule has 3 rings (SSSR count). The highest BCUT2D eigenvalue weighted by molar-refractivity contribution is 6.44. The van der Waals surface area contributed by atoms with Crippen molar-refractivity contribution in [3.63, 3.8) is 0 Å². The quantitative estimate of drug-likeness (QED) is 0.0915. The first kappa shape index (κ1) is 34.0. The lowest BCUT2D eigenvalue weighted by Crippen LogP contribution is -2.39. The first-order valence-electron chi connectivity index (χ1n) is 14.1. The number of carbonyl (C=O) groups excluding carboxylic acids is 3. The summed E-state index contributed by atoms with van der Waals surface area (Å²) >= 11 is 0. The summed E-state index contributed by atoms with van der Waals surface area (Å²) in [6.45, 7) is 6.75. The highest BCUT2D eigenvalue weighted by Crippen LogP contribution is 2.40. The minimum atomic E-state index is -2.84. The van der Waals surface area contributed by atoms with Gasteiger partial charge >= 0.3 is 5.97 Å². The van der Waals surface area contributed by atoms with Gasteiger partial charge in [0.1, 0.15) is 0 Å². The zero-order chi connectivity index (χ0) is 31.9. The summed E-state index contributed by atoms with van der Waals surface area (Å²) in [5.41, 5.74) is -1.41. The van der Waals surface area contributed by atoms with Gasteiger partial charge in [-0.15, -0.1) is 0 Å². The van der Waals surface area contributed by atoms with Gasteiger partial charge in [0, 0.05) is 31.6 Å². The van der Waals surface area contributed by atoms with Crippen LogP contribution in [0.3, 0.4) is 0 Å². The van der Waals surface area contributed by atoms with E-state index in [1.54, 1.807) is 20.8 Å². The second-order valence-electron chi connectivity index (χ2n) is 11.4. The third-order valence-electron chi connectivity index (χ3n) is 7.13. The molecule has 12 heteroatoms. The number of alkyl halides is 4. The minimum absolute atomic E-state index is 0.0371. The van der Waals surface area contributed by atoms with Gasteiger partial charge in [0.2, 0.25) is 19.3 Å². The Hall–Kier alpha value is -3.51. The molecule has 2 aromatic carbocycles. The normalized spacial score (nSPS) is 14.2. The molecule has 0 fully saturated rings. The fourth-order valence-electron chi connectivity index (χ4n) is 5.10. The van der Waals surface area contributed by atoms with Crippen LogP contribution in [0.5, 0.6) is 0 Å². The van der Waals surface area contributed by atoms with Crippen molar-refractivity contribution in [1.29, 1.82) is 0 Å². The molecule has 1 unspecified atom stereocenters. The second kappa shape index (κ2) is 14.3. The SMILES string of the molecule is CCOC(=O)C(CCC(F)F)(CCC(F)F)c1ccc(NC(O)OC(C)(C)C)c(C(=O)C(=O)N2Cc3ccccc3C2)c1. The van der Waals surface area contributed by atoms with Crippen molar-refractivity contribution >= 4 is 23.3 Å². The Balaban J connectivity index is 2.11. The topological polar surface area (TPSA) is 105 Å². The smallest absolute Gasteiger partial charge is 0.316 e. The van der Waals surface area contributed by atoms with E-state index in [2.05, 4.69) is 5.32 Å². The van der Waals surface area contributed by atoms with E-state index in [4.69, 9.17) is 9.47 Å². The number of benzene rings is 2. The number of nitrogens with zero attached hydrogens (tertiary/aromatic N) is 1. The fourth-order valence-corrected chi connectivity index (χ4v) is 5.10. The van der Waals surface area contributed by atoms with Gasteiger partial charge in [-0.05, 0) is 69.4 Å². The number of ketones is 1. The van der Waals surface area contributed by atoms with E-state index in [1.807, 2.05) is 24.3 Å². The number of amides is 1. The first-order chi connectivity index (χ1) is 20.2. The highest BCUT2D eigenvalue weighted by Gasteiger charge is 2.43. The second-order valence-corrected chi connectivity index (χ2v) is 11.4. The van der Waals surface area contributed by atoms with Crippen LogP contribution in [-0.2, 0) is 37.6 Å². The number of aliphatic hydroxyl groups excluding tert-OH is 1. The molecule has 0 aromatic heterocycles. The number of hydrogen-bond acceptors (Lipinski definition) is 7. The first-order valence-corrected chi connectivity index (χ1v) is 14.1. The van der Waals surface area contributed by atoms with Crippen LogP contribution < -0.4 is 5.32 Å². The molecule has 2 aromatic rings. The molecule has 1 aliphatic heterocycles. The number of esters is 1. The molecule has 0 bridgehead atoms. The Morgan fingerprint density at radius 2 is 1.51 bits per heavy atom. The van der Waals surface area contributed by atoms with Crippen molar-refractivity contribution in [2.24, 2.45) is 0 Å². The molecule has 0 saturated heterocycles. The van der Waals surface area contributed by atoms with Crippen molar-refractivity contribution in [2.45, 2.75) is 96.7 Å². The van der Waals surface area contributed by atoms with Crippen molar-refractivity contribution in [3.05, 3.63) is 64.7 Å². The summed E-state index contributed by atoms with van der Waals surface area (Å²) in [6.07, 6.45) is -9.99. The van der Waals surface area contributed by atoms with Crippen LogP contribution in [0.15, 0.2) is 42.5 Å². The minimum Gasteiger partial charge on any atom is -0.465 e. The van der Waals surface area contributed by atoms with Gasteiger partial charge in [-0.3, -0.25) is 14.4 Å². The predicted molar refractivity (Wildman–Crippen MR) is 151 cm³/mol. The molecule has 0 radical (unpaired) electrons. The van der Waals surface area contributed by atoms with E-state index < -0.39 is 73.6 Å². The molecule has 1 aliphatic rings. The Labute approximate surface area is 248 Å². The van der Waals surface area contributed by atoms with Crippen LogP contribution >= 0.6 is 0 Å². The Morgan fingerprint density at radius 3 is 2.00 bits per heavy atom. The molecule has 2 N–H and O–H groups in total. The van der Waals surface area contributed by atoms with Crippen LogP contribution in [0.1, 0.15) is 80.4 Å². The maximum Gasteiger partial charge on any atom is 0.316 e. The van der Waals surface area contributed by atoms with Gasteiger partial charge in [0.25, 0.3) is 11.7 Å². The molecular weight excluding hydrogens is 572 g/mol. The molecule has 236 valence electrons. The van der Waals surface area contributed by atoms with Crippen LogP contribution in [0, 0.1) is 0 Å². The van der Waals surface area contributed by atoms with Crippen LogP contribution in [0.25, 0.3) is 0 Å². The van der Waals surface area contributed by atoms with Crippen molar-refractivity contribution in [2.75, 3.05) is 11.9 Å². The van der Waals surface area contributed by atoms with Gasteiger partial charge in [0.15, 0.2) is 0 Å². The number of Topliss-reactive ketones (excluding diaryl/α,β-unsaturated/α-hetero) is 1. The van der Waals surface area contributed by atoms with E-state index >= 15 is 0 Å². The average molecular weight is 611 g/mol. The van der Waals surface area contributed by atoms with Gasteiger partial charge in [-0.2, -0.15) is 0 Å². The van der Waals surface area contributed by atoms with Gasteiger partial charge in [-0.25, -0.2) is 17.6 Å². The molecule has 8 nitrogen and oxygen atoms in total. The van der Waals surface area contributed by atoms with E-state index in [0.717, 1.165) is 17.2 Å². The standard InChI is InChI=1S/C31H38F4N2O6/c1-5-42-28(40)31(14-12-24(32)33,15-13-25(34)35)21-10-11-23(36-29(41)43-30(2,3)4)22(16-21)26(38)27(39)37-17-19-8-6-7-9-20(19)18-37/h6-11,16,24-25,29,36,41H,5,12-15,17-18H2,1-4H3.